The lowest BCUT2D eigenvalue weighted by atomic mass is 10.1. The van der Waals surface area contributed by atoms with Crippen molar-refractivity contribution in [2.75, 3.05) is 30.1 Å². The third-order valence-electron chi connectivity index (χ3n) is 6.08. The first-order valence-electron chi connectivity index (χ1n) is 12.8. The minimum atomic E-state index is -0.459. The van der Waals surface area contributed by atoms with E-state index in [2.05, 4.69) is 10.6 Å². The van der Waals surface area contributed by atoms with Crippen LogP contribution in [-0.4, -0.2) is 37.4 Å². The molecule has 0 fully saturated rings. The maximum absolute atomic E-state index is 13.4. The predicted octanol–water partition coefficient (Wildman–Crippen LogP) is 6.45. The first kappa shape index (κ1) is 28.4. The third kappa shape index (κ3) is 7.94. The highest BCUT2D eigenvalue weighted by Crippen LogP contribution is 2.23. The Kier molecular flexibility index (Phi) is 9.54. The Balaban J connectivity index is 1.50. The van der Waals surface area contributed by atoms with E-state index in [1.807, 2.05) is 98.7 Å². The minimum absolute atomic E-state index is 0.0357. The summed E-state index contributed by atoms with van der Waals surface area (Å²) in [6, 6.07) is 31.2. The zero-order chi connectivity index (χ0) is 28.5. The number of carbonyl (C=O) groups excluding carboxylic acids is 3. The van der Waals surface area contributed by atoms with Gasteiger partial charge in [0.05, 0.1) is 5.75 Å². The molecule has 0 saturated carbocycles. The summed E-state index contributed by atoms with van der Waals surface area (Å²) in [4.78, 5) is 41.7. The number of hydrogen-bond acceptors (Lipinski definition) is 5. The van der Waals surface area contributed by atoms with Crippen molar-refractivity contribution in [1.29, 1.82) is 0 Å². The minimum Gasteiger partial charge on any atom is -0.378 e. The van der Waals surface area contributed by atoms with Crippen LogP contribution in [0.25, 0.3) is 6.08 Å². The predicted molar refractivity (Wildman–Crippen MR) is 164 cm³/mol. The molecule has 2 N–H and O–H groups in total. The molecule has 4 rings (SSSR count). The van der Waals surface area contributed by atoms with Crippen LogP contribution in [0.5, 0.6) is 0 Å². The van der Waals surface area contributed by atoms with Crippen LogP contribution >= 0.6 is 11.8 Å². The second-order valence-electron chi connectivity index (χ2n) is 9.42. The Morgan fingerprint density at radius 1 is 0.800 bits per heavy atom. The van der Waals surface area contributed by atoms with E-state index in [1.54, 1.807) is 36.4 Å². The number of thioether (sulfide) groups is 1. The van der Waals surface area contributed by atoms with E-state index in [9.17, 15) is 14.4 Å². The summed E-state index contributed by atoms with van der Waals surface area (Å²) in [5, 5.41) is 5.65. The normalized spacial score (nSPS) is 11.0. The fourth-order valence-electron chi connectivity index (χ4n) is 3.81. The van der Waals surface area contributed by atoms with E-state index >= 15 is 0 Å². The molecule has 0 radical (unpaired) electrons. The summed E-state index contributed by atoms with van der Waals surface area (Å²) in [7, 11) is 3.91. The number of amides is 2. The van der Waals surface area contributed by atoms with Crippen molar-refractivity contribution >= 4 is 46.8 Å². The van der Waals surface area contributed by atoms with Crippen molar-refractivity contribution in [3.63, 3.8) is 0 Å². The zero-order valence-electron chi connectivity index (χ0n) is 22.7. The van der Waals surface area contributed by atoms with Gasteiger partial charge in [-0.1, -0.05) is 66.2 Å². The number of rotatable bonds is 10. The van der Waals surface area contributed by atoms with Crippen LogP contribution in [0.3, 0.4) is 0 Å². The Hall–Kier alpha value is -4.62. The van der Waals surface area contributed by atoms with Gasteiger partial charge in [0, 0.05) is 41.5 Å². The van der Waals surface area contributed by atoms with E-state index in [-0.39, 0.29) is 23.1 Å². The molecule has 0 unspecified atom stereocenters. The Bertz CT molecular complexity index is 1510. The molecule has 4 aromatic carbocycles. The molecule has 0 aliphatic rings. The first-order chi connectivity index (χ1) is 19.3. The van der Waals surface area contributed by atoms with Crippen molar-refractivity contribution in [2.45, 2.75) is 11.8 Å². The fraction of sp³-hybridized carbons (Fsp3) is 0.121. The van der Waals surface area contributed by atoms with Crippen molar-refractivity contribution in [2.24, 2.45) is 0 Å². The second kappa shape index (κ2) is 13.4. The highest BCUT2D eigenvalue weighted by molar-refractivity contribution is 8.00. The van der Waals surface area contributed by atoms with Crippen molar-refractivity contribution in [3.8, 4) is 0 Å². The Morgan fingerprint density at radius 2 is 1.50 bits per heavy atom. The van der Waals surface area contributed by atoms with E-state index in [4.69, 9.17) is 0 Å². The number of carbonyl (C=O) groups is 3. The lowest BCUT2D eigenvalue weighted by molar-refractivity contribution is -0.113. The van der Waals surface area contributed by atoms with Crippen LogP contribution in [0, 0.1) is 6.92 Å². The van der Waals surface area contributed by atoms with Gasteiger partial charge >= 0.3 is 0 Å². The number of nitrogens with zero attached hydrogens (tertiary/aromatic N) is 1. The first-order valence-corrected chi connectivity index (χ1v) is 13.8. The van der Waals surface area contributed by atoms with E-state index in [0.717, 1.165) is 21.7 Å². The highest BCUT2D eigenvalue weighted by Gasteiger charge is 2.16. The molecular weight excluding hydrogens is 518 g/mol. The standard InChI is InChI=1S/C33H31N3O3S/c1-23-12-16-25(17-13-23)31(37)22-40-29-11-7-10-27(21-29)34-33(39)30(35-32(38)26-8-5-4-6-9-26)20-24-14-18-28(19-15-24)36(2)3/h4-21H,22H2,1-3H3,(H,34,39)(H,35,38)/b30-20-. The van der Waals surface area contributed by atoms with Gasteiger partial charge in [-0.15, -0.1) is 11.8 Å². The average molecular weight is 550 g/mol. The number of Topliss-reactive ketones (excluding diaryl/α,β-unsaturated/α-hetero) is 1. The van der Waals surface area contributed by atoms with Crippen LogP contribution in [0.2, 0.25) is 0 Å². The molecule has 202 valence electrons. The summed E-state index contributed by atoms with van der Waals surface area (Å²) >= 11 is 1.40. The maximum atomic E-state index is 13.4. The maximum Gasteiger partial charge on any atom is 0.272 e. The van der Waals surface area contributed by atoms with Crippen LogP contribution in [0.15, 0.2) is 114 Å². The molecule has 2 amide bonds. The van der Waals surface area contributed by atoms with Gasteiger partial charge < -0.3 is 15.5 Å². The Morgan fingerprint density at radius 3 is 2.17 bits per heavy atom. The van der Waals surface area contributed by atoms with Gasteiger partial charge in [0.2, 0.25) is 0 Å². The van der Waals surface area contributed by atoms with Crippen LogP contribution in [-0.2, 0) is 4.79 Å². The molecule has 0 spiro atoms. The second-order valence-corrected chi connectivity index (χ2v) is 10.5. The van der Waals surface area contributed by atoms with Gasteiger partial charge in [0.15, 0.2) is 5.78 Å². The number of anilines is 2. The van der Waals surface area contributed by atoms with Gasteiger partial charge in [-0.25, -0.2) is 0 Å². The summed E-state index contributed by atoms with van der Waals surface area (Å²) < 4.78 is 0. The number of hydrogen-bond donors (Lipinski definition) is 2. The summed E-state index contributed by atoms with van der Waals surface area (Å²) in [5.41, 5.74) is 4.67. The topological polar surface area (TPSA) is 78.5 Å². The largest absolute Gasteiger partial charge is 0.378 e. The summed E-state index contributed by atoms with van der Waals surface area (Å²) in [6.07, 6.45) is 1.65. The fourth-order valence-corrected chi connectivity index (χ4v) is 4.66. The lowest BCUT2D eigenvalue weighted by Gasteiger charge is -2.14. The molecule has 6 nitrogen and oxygen atoms in total. The van der Waals surface area contributed by atoms with E-state index < -0.39 is 5.91 Å². The van der Waals surface area contributed by atoms with Crippen LogP contribution in [0.1, 0.15) is 31.8 Å². The number of aryl methyl sites for hydroxylation is 1. The molecule has 0 aromatic heterocycles. The van der Waals surface area contributed by atoms with Crippen molar-refractivity contribution in [3.05, 3.63) is 131 Å². The summed E-state index contributed by atoms with van der Waals surface area (Å²) in [5.74, 6) is -0.528. The molecule has 4 aromatic rings. The quantitative estimate of drug-likeness (QED) is 0.135. The van der Waals surface area contributed by atoms with Crippen molar-refractivity contribution < 1.29 is 14.4 Å². The molecule has 40 heavy (non-hydrogen) atoms. The smallest absolute Gasteiger partial charge is 0.272 e. The molecule has 0 aliphatic carbocycles. The lowest BCUT2D eigenvalue weighted by Crippen LogP contribution is -2.30. The molecule has 0 bridgehead atoms. The SMILES string of the molecule is Cc1ccc(C(=O)CSc2cccc(NC(=O)/C(=C/c3ccc(N(C)C)cc3)NC(=O)c3ccccc3)c2)cc1. The monoisotopic (exact) mass is 549 g/mol. The molecule has 0 heterocycles. The van der Waals surface area contributed by atoms with Crippen LogP contribution in [0.4, 0.5) is 11.4 Å². The van der Waals surface area contributed by atoms with Crippen molar-refractivity contribution in [1.82, 2.24) is 5.32 Å². The van der Waals surface area contributed by atoms with Gasteiger partial charge in [-0.05, 0) is 61.0 Å². The molecular formula is C33H31N3O3S. The van der Waals surface area contributed by atoms with Gasteiger partial charge in [0.1, 0.15) is 5.70 Å². The molecule has 7 heteroatoms. The number of benzene rings is 4. The average Bonchev–Trinajstić information content (AvgIpc) is 2.97. The molecule has 0 saturated heterocycles. The van der Waals surface area contributed by atoms with Gasteiger partial charge in [0.25, 0.3) is 11.8 Å². The number of nitrogens with one attached hydrogen (secondary N) is 2. The number of ketones is 1. The molecule has 0 atom stereocenters. The zero-order valence-corrected chi connectivity index (χ0v) is 23.5. The van der Waals surface area contributed by atoms with Crippen LogP contribution < -0.4 is 15.5 Å². The molecule has 0 aliphatic heterocycles. The summed E-state index contributed by atoms with van der Waals surface area (Å²) in [6.45, 7) is 1.98. The third-order valence-corrected chi connectivity index (χ3v) is 7.08. The van der Waals surface area contributed by atoms with E-state index in [1.165, 1.54) is 11.8 Å². The Labute approximate surface area is 239 Å². The van der Waals surface area contributed by atoms with Gasteiger partial charge in [-0.2, -0.15) is 0 Å². The highest BCUT2D eigenvalue weighted by atomic mass is 32.2. The van der Waals surface area contributed by atoms with E-state index in [0.29, 0.717) is 16.8 Å². The van der Waals surface area contributed by atoms with Gasteiger partial charge in [-0.3, -0.25) is 14.4 Å².